The van der Waals surface area contributed by atoms with Crippen molar-refractivity contribution >= 4 is 62.8 Å². The van der Waals surface area contributed by atoms with Crippen molar-refractivity contribution in [2.45, 2.75) is 102 Å². The van der Waals surface area contributed by atoms with Gasteiger partial charge in [-0.05, 0) is 53.1 Å². The van der Waals surface area contributed by atoms with Crippen LogP contribution >= 0.6 is 22.6 Å². The minimum absolute atomic E-state index is 0.0203. The number of aliphatic hydroxyl groups is 1. The predicted molar refractivity (Wildman–Crippen MR) is 249 cm³/mol. The molecule has 19 heteroatoms. The summed E-state index contributed by atoms with van der Waals surface area (Å²) >= 11 is 1.70. The summed E-state index contributed by atoms with van der Waals surface area (Å²) in [6.45, 7) is 8.29. The van der Waals surface area contributed by atoms with Gasteiger partial charge in [0.15, 0.2) is 6.73 Å². The number of hydrogen-bond donors (Lipinski definition) is 5. The molecule has 354 valence electrons. The molecule has 0 radical (unpaired) electrons. The fraction of sp³-hybridized carbons (Fsp3) is 0.468. The smallest absolute Gasteiger partial charge is 0.383 e. The third kappa shape index (κ3) is 11.9. The van der Waals surface area contributed by atoms with Gasteiger partial charge in [-0.1, -0.05) is 111 Å². The number of nitrogens with one attached hydrogen (secondary N) is 4. The number of carbonyl (C=O) groups excluding carboxylic acids is 5. The number of carbonyl (C=O) groups is 5. The maximum atomic E-state index is 15.8. The normalized spacial score (nSPS) is 20.8. The summed E-state index contributed by atoms with van der Waals surface area (Å²) in [7, 11) is 0. The fourth-order valence-electron chi connectivity index (χ4n) is 8.31. The average Bonchev–Trinajstić information content (AvgIpc) is 3.75. The Bertz CT molecular complexity index is 2380. The fourth-order valence-corrected chi connectivity index (χ4v) is 8.96. The van der Waals surface area contributed by atoms with Gasteiger partial charge in [0.1, 0.15) is 30.6 Å². The number of Topliss-reactive ketones (excluding diaryl/α,β-unsaturated/α-hetero) is 1. The molecular weight excluding hydrogens is 969 g/mol. The Morgan fingerprint density at radius 2 is 1.61 bits per heavy atom. The predicted octanol–water partition coefficient (Wildman–Crippen LogP) is 4.33. The molecule has 1 aromatic heterocycles. The first-order chi connectivity index (χ1) is 31.3. The van der Waals surface area contributed by atoms with Crippen LogP contribution in [0.3, 0.4) is 0 Å². The van der Waals surface area contributed by atoms with Crippen LogP contribution in [0.4, 0.5) is 8.78 Å². The zero-order valence-corrected chi connectivity index (χ0v) is 39.6. The summed E-state index contributed by atoms with van der Waals surface area (Å²) in [4.78, 5) is 77.3. The molecule has 3 aromatic carbocycles. The molecule has 66 heavy (non-hydrogen) atoms. The average molecular weight is 1030 g/mol. The summed E-state index contributed by atoms with van der Waals surface area (Å²) in [5.41, 5.74) is 2.50. The number of alkyl halides is 3. The number of fused-ring (bicyclic) bond motifs is 2. The SMILES string of the molecule is CC(C)[C@H](NC(=O)c1cnccn1)C(=O)N[C@H](C(=O)N1C[C@H](OC[N+]2([O-])CCc3ccccc3C2)C[C@H]1C(O)N[C@@H](CI)C(=O)C(F)(F)C(=O)N[C@@H](C)c1ccc2ccccc2c1)C(C)C. The Kier molecular flexibility index (Phi) is 16.6. The van der Waals surface area contributed by atoms with Gasteiger partial charge in [0.2, 0.25) is 17.6 Å². The number of benzene rings is 3. The number of aromatic nitrogens is 2. The van der Waals surface area contributed by atoms with Crippen molar-refractivity contribution in [1.82, 2.24) is 36.1 Å². The highest BCUT2D eigenvalue weighted by Gasteiger charge is 2.52. The summed E-state index contributed by atoms with van der Waals surface area (Å²) in [6, 6.07) is 14.1. The van der Waals surface area contributed by atoms with Crippen LogP contribution in [0.2, 0.25) is 0 Å². The lowest BCUT2D eigenvalue weighted by molar-refractivity contribution is -0.915. The lowest BCUT2D eigenvalue weighted by Gasteiger charge is -2.45. The standard InChI is InChI=1S/C47H57F2IN8O8/c1-27(2)39(55-42(60)37-23-51-17-18-52-37)44(62)56-40(28(3)4)45(63)57-24-35(66-26-58(65)19-16-31-11-7-9-13-34(31)25-58)21-38(57)43(61)54-36(22-50)41(59)47(48,49)46(64)53-29(5)32-15-14-30-10-6-8-12-33(30)20-32/h6-15,17-18,20,23,27-29,35-36,38-40,43,54,61H,16,19,21-22,24-26H2,1-5H3,(H,53,64)(H,55,60)(H,56,62)/t29-,35+,36-,38-,39-,40-,43?,58?/m0/s1. The van der Waals surface area contributed by atoms with Crippen LogP contribution in [0.5, 0.6) is 0 Å². The minimum atomic E-state index is -4.52. The van der Waals surface area contributed by atoms with Crippen molar-refractivity contribution in [1.29, 1.82) is 0 Å². The molecule has 8 atom stereocenters. The minimum Gasteiger partial charge on any atom is -0.631 e. The quantitative estimate of drug-likeness (QED) is 0.0223. The van der Waals surface area contributed by atoms with Crippen molar-refractivity contribution in [3.05, 3.63) is 113 Å². The molecule has 1 saturated heterocycles. The van der Waals surface area contributed by atoms with Gasteiger partial charge in [0.25, 0.3) is 11.8 Å². The second-order valence-corrected chi connectivity index (χ2v) is 18.6. The molecule has 0 aliphatic carbocycles. The summed E-state index contributed by atoms with van der Waals surface area (Å²) in [5.74, 6) is -11.1. The largest absolute Gasteiger partial charge is 0.631 e. The highest BCUT2D eigenvalue weighted by molar-refractivity contribution is 14.1. The number of quaternary nitrogens is 1. The van der Waals surface area contributed by atoms with E-state index in [0.717, 1.165) is 21.9 Å². The number of amides is 4. The zero-order valence-electron chi connectivity index (χ0n) is 37.5. The molecule has 5 N–H and O–H groups in total. The number of ether oxygens (including phenoxy) is 1. The van der Waals surface area contributed by atoms with Gasteiger partial charge >= 0.3 is 5.92 Å². The number of hydroxylamine groups is 3. The first kappa shape index (κ1) is 50.4. The summed E-state index contributed by atoms with van der Waals surface area (Å²) in [5, 5.41) is 37.7. The van der Waals surface area contributed by atoms with Crippen LogP contribution in [-0.2, 0) is 36.9 Å². The van der Waals surface area contributed by atoms with E-state index in [1.54, 1.807) is 68.5 Å². The van der Waals surface area contributed by atoms with Crippen LogP contribution < -0.4 is 21.3 Å². The van der Waals surface area contributed by atoms with E-state index < -0.39 is 94.4 Å². The van der Waals surface area contributed by atoms with Crippen molar-refractivity contribution in [2.75, 3.05) is 24.2 Å². The van der Waals surface area contributed by atoms with E-state index in [4.69, 9.17) is 4.74 Å². The second kappa shape index (κ2) is 21.7. The van der Waals surface area contributed by atoms with Crippen molar-refractivity contribution in [2.24, 2.45) is 11.8 Å². The van der Waals surface area contributed by atoms with Crippen LogP contribution in [0.1, 0.15) is 74.3 Å². The number of rotatable bonds is 19. The van der Waals surface area contributed by atoms with Crippen LogP contribution in [0, 0.1) is 17.0 Å². The molecule has 0 saturated carbocycles. The Morgan fingerprint density at radius 3 is 2.27 bits per heavy atom. The zero-order chi connectivity index (χ0) is 47.9. The molecule has 2 aliphatic rings. The molecule has 0 bridgehead atoms. The van der Waals surface area contributed by atoms with Gasteiger partial charge < -0.3 is 40.5 Å². The molecule has 4 aromatic rings. The number of ketones is 1. The van der Waals surface area contributed by atoms with Crippen LogP contribution in [0.15, 0.2) is 85.3 Å². The van der Waals surface area contributed by atoms with E-state index in [1.165, 1.54) is 30.4 Å². The van der Waals surface area contributed by atoms with Gasteiger partial charge in [-0.2, -0.15) is 8.78 Å². The van der Waals surface area contributed by atoms with E-state index in [2.05, 4.69) is 31.2 Å². The van der Waals surface area contributed by atoms with Crippen LogP contribution in [-0.4, -0.2) is 121 Å². The maximum absolute atomic E-state index is 15.8. The molecule has 2 unspecified atom stereocenters. The molecule has 6 rings (SSSR count). The molecular formula is C47H57F2IN8O8. The number of aliphatic hydroxyl groups excluding tert-OH is 1. The summed E-state index contributed by atoms with van der Waals surface area (Å²) in [6.07, 6.45) is 1.78. The topological polar surface area (TPSA) is 215 Å². The highest BCUT2D eigenvalue weighted by Crippen LogP contribution is 2.30. The molecule has 3 heterocycles. The van der Waals surface area contributed by atoms with Gasteiger partial charge in [-0.25, -0.2) is 4.98 Å². The first-order valence-electron chi connectivity index (χ1n) is 22.0. The van der Waals surface area contributed by atoms with Gasteiger partial charge in [-0.15, -0.1) is 0 Å². The third-order valence-corrected chi connectivity index (χ3v) is 13.1. The second-order valence-electron chi connectivity index (χ2n) is 17.7. The van der Waals surface area contributed by atoms with E-state index in [0.29, 0.717) is 12.0 Å². The Balaban J connectivity index is 1.19. The Labute approximate surface area is 395 Å². The number of likely N-dealkylation sites (tertiary alicyclic amines) is 1. The first-order valence-corrected chi connectivity index (χ1v) is 23.5. The van der Waals surface area contributed by atoms with E-state index in [9.17, 15) is 34.3 Å². The molecule has 16 nitrogen and oxygen atoms in total. The Morgan fingerprint density at radius 1 is 0.924 bits per heavy atom. The van der Waals surface area contributed by atoms with E-state index in [1.807, 2.05) is 48.5 Å². The van der Waals surface area contributed by atoms with E-state index >= 15 is 8.78 Å². The number of hydrogen-bond acceptors (Lipinski definition) is 11. The van der Waals surface area contributed by atoms with Crippen molar-refractivity contribution in [3.8, 4) is 0 Å². The highest BCUT2D eigenvalue weighted by atomic mass is 127. The molecule has 1 fully saturated rings. The van der Waals surface area contributed by atoms with Crippen LogP contribution in [0.25, 0.3) is 10.8 Å². The Hall–Kier alpha value is -5.06. The maximum Gasteiger partial charge on any atom is 0.383 e. The van der Waals surface area contributed by atoms with Gasteiger partial charge in [0, 0.05) is 35.4 Å². The summed E-state index contributed by atoms with van der Waals surface area (Å²) < 4.78 is 36.8. The van der Waals surface area contributed by atoms with E-state index in [-0.39, 0.29) is 42.9 Å². The monoisotopic (exact) mass is 1030 g/mol. The number of halogens is 3. The molecule has 2 aliphatic heterocycles. The lowest BCUT2D eigenvalue weighted by atomic mass is 9.98. The molecule has 4 amide bonds. The van der Waals surface area contributed by atoms with Crippen molar-refractivity contribution < 1.29 is 47.2 Å². The molecule has 0 spiro atoms. The third-order valence-electron chi connectivity index (χ3n) is 12.2. The van der Waals surface area contributed by atoms with Gasteiger partial charge in [0.05, 0.1) is 37.0 Å². The van der Waals surface area contributed by atoms with Gasteiger partial charge in [-0.3, -0.25) is 34.3 Å². The lowest BCUT2D eigenvalue weighted by Crippen LogP contribution is -2.62. The number of nitrogens with zero attached hydrogens (tertiary/aromatic N) is 4. The van der Waals surface area contributed by atoms with Crippen molar-refractivity contribution in [3.63, 3.8) is 0 Å².